The highest BCUT2D eigenvalue weighted by Crippen LogP contribution is 2.22. The van der Waals surface area contributed by atoms with Crippen LogP contribution in [0.15, 0.2) is 79.0 Å². The summed E-state index contributed by atoms with van der Waals surface area (Å²) in [5.74, 6) is -1.00. The maximum Gasteiger partial charge on any atom is 0.387 e. The van der Waals surface area contributed by atoms with Crippen LogP contribution in [-0.4, -0.2) is 29.5 Å². The van der Waals surface area contributed by atoms with E-state index >= 15 is 0 Å². The summed E-state index contributed by atoms with van der Waals surface area (Å²) in [6.07, 6.45) is 2.00. The van der Waals surface area contributed by atoms with Crippen LogP contribution in [0.3, 0.4) is 0 Å². The van der Waals surface area contributed by atoms with Crippen LogP contribution in [0.4, 0.5) is 14.5 Å². The molecular formula is C25H20ClF2N3O3. The first-order chi connectivity index (χ1) is 16.4. The number of rotatable bonds is 8. The Balaban J connectivity index is 1.56. The molecule has 0 fully saturated rings. The van der Waals surface area contributed by atoms with Gasteiger partial charge in [0.25, 0.3) is 5.91 Å². The molecule has 0 unspecified atom stereocenters. The van der Waals surface area contributed by atoms with Crippen molar-refractivity contribution in [3.05, 3.63) is 95.1 Å². The van der Waals surface area contributed by atoms with E-state index in [4.69, 9.17) is 11.6 Å². The van der Waals surface area contributed by atoms with E-state index in [1.807, 2.05) is 24.3 Å². The average Bonchev–Trinajstić information content (AvgIpc) is 3.22. The van der Waals surface area contributed by atoms with Crippen LogP contribution in [0.5, 0.6) is 5.75 Å². The van der Waals surface area contributed by atoms with Crippen molar-refractivity contribution >= 4 is 40.0 Å². The molecule has 3 N–H and O–H groups in total. The van der Waals surface area contributed by atoms with E-state index in [1.165, 1.54) is 24.3 Å². The van der Waals surface area contributed by atoms with Gasteiger partial charge in [0.1, 0.15) is 11.8 Å². The molecule has 34 heavy (non-hydrogen) atoms. The number of para-hydroxylation sites is 1. The fourth-order valence-corrected chi connectivity index (χ4v) is 3.78. The highest BCUT2D eigenvalue weighted by molar-refractivity contribution is 6.33. The second-order valence-electron chi connectivity index (χ2n) is 7.46. The number of H-pyrrole nitrogens is 1. The van der Waals surface area contributed by atoms with Crippen molar-refractivity contribution in [2.24, 2.45) is 0 Å². The smallest absolute Gasteiger partial charge is 0.387 e. The number of amides is 2. The predicted octanol–water partition coefficient (Wildman–Crippen LogP) is 5.40. The zero-order valence-electron chi connectivity index (χ0n) is 17.7. The molecule has 174 valence electrons. The van der Waals surface area contributed by atoms with Crippen LogP contribution in [0.25, 0.3) is 10.9 Å². The van der Waals surface area contributed by atoms with Crippen molar-refractivity contribution in [1.82, 2.24) is 10.3 Å². The molecule has 0 spiro atoms. The molecule has 3 aromatic carbocycles. The summed E-state index contributed by atoms with van der Waals surface area (Å²) in [6, 6.07) is 18.7. The van der Waals surface area contributed by atoms with E-state index < -0.39 is 24.5 Å². The largest absolute Gasteiger partial charge is 0.435 e. The molecule has 9 heteroatoms. The maximum absolute atomic E-state index is 13.2. The molecule has 1 atom stereocenters. The van der Waals surface area contributed by atoms with Crippen molar-refractivity contribution in [1.29, 1.82) is 0 Å². The Morgan fingerprint density at radius 3 is 2.41 bits per heavy atom. The number of anilines is 1. The molecule has 2 amide bonds. The second kappa shape index (κ2) is 10.4. The zero-order chi connectivity index (χ0) is 24.1. The van der Waals surface area contributed by atoms with Gasteiger partial charge in [-0.3, -0.25) is 9.59 Å². The summed E-state index contributed by atoms with van der Waals surface area (Å²) in [5, 5.41) is 6.67. The van der Waals surface area contributed by atoms with Gasteiger partial charge in [0.05, 0.1) is 10.6 Å². The minimum Gasteiger partial charge on any atom is -0.435 e. The van der Waals surface area contributed by atoms with E-state index in [9.17, 15) is 18.4 Å². The number of hydrogen-bond acceptors (Lipinski definition) is 3. The third kappa shape index (κ3) is 5.52. The minimum atomic E-state index is -2.94. The average molecular weight is 484 g/mol. The lowest BCUT2D eigenvalue weighted by Crippen LogP contribution is -2.45. The van der Waals surface area contributed by atoms with Crippen LogP contribution >= 0.6 is 11.6 Å². The minimum absolute atomic E-state index is 0.0321. The fraction of sp³-hybridized carbons (Fsp3) is 0.120. The molecule has 4 aromatic rings. The van der Waals surface area contributed by atoms with Crippen LogP contribution in [-0.2, 0) is 11.2 Å². The quantitative estimate of drug-likeness (QED) is 0.313. The van der Waals surface area contributed by atoms with E-state index in [-0.39, 0.29) is 22.8 Å². The molecule has 0 bridgehead atoms. The first-order valence-corrected chi connectivity index (χ1v) is 10.7. The van der Waals surface area contributed by atoms with Crippen molar-refractivity contribution in [2.45, 2.75) is 19.1 Å². The predicted molar refractivity (Wildman–Crippen MR) is 126 cm³/mol. The molecule has 0 saturated carbocycles. The fourth-order valence-electron chi connectivity index (χ4n) is 3.56. The van der Waals surface area contributed by atoms with Gasteiger partial charge in [-0.2, -0.15) is 8.78 Å². The van der Waals surface area contributed by atoms with Crippen LogP contribution in [0, 0.1) is 0 Å². The molecule has 0 aliphatic rings. The summed E-state index contributed by atoms with van der Waals surface area (Å²) >= 11 is 6.15. The van der Waals surface area contributed by atoms with E-state index in [1.54, 1.807) is 30.5 Å². The Bertz CT molecular complexity index is 1310. The zero-order valence-corrected chi connectivity index (χ0v) is 18.5. The number of hydrogen-bond donors (Lipinski definition) is 3. The molecule has 0 radical (unpaired) electrons. The summed E-state index contributed by atoms with van der Waals surface area (Å²) in [7, 11) is 0. The molecule has 4 rings (SSSR count). The standard InChI is InChI=1S/C25H20ClF2N3O3/c26-20-7-3-1-6-19(20)23(32)31-22(13-15-14-29-21-8-4-2-5-18(15)21)24(33)30-16-9-11-17(12-10-16)34-25(27)28/h1-12,14,22,25,29H,13H2,(H,30,33)(H,31,32)/t22-/m0/s1. The summed E-state index contributed by atoms with van der Waals surface area (Å²) in [6.45, 7) is -2.94. The Morgan fingerprint density at radius 2 is 1.68 bits per heavy atom. The number of aromatic nitrogens is 1. The van der Waals surface area contributed by atoms with Gasteiger partial charge in [-0.25, -0.2) is 0 Å². The lowest BCUT2D eigenvalue weighted by atomic mass is 10.0. The van der Waals surface area contributed by atoms with Gasteiger partial charge >= 0.3 is 6.61 Å². The second-order valence-corrected chi connectivity index (χ2v) is 7.87. The Hall–Kier alpha value is -3.91. The first kappa shape index (κ1) is 23.3. The van der Waals surface area contributed by atoms with Gasteiger partial charge in [-0.15, -0.1) is 0 Å². The molecule has 0 saturated heterocycles. The summed E-state index contributed by atoms with van der Waals surface area (Å²) in [4.78, 5) is 29.2. The number of nitrogens with one attached hydrogen (secondary N) is 3. The van der Waals surface area contributed by atoms with Crippen LogP contribution in [0.1, 0.15) is 15.9 Å². The lowest BCUT2D eigenvalue weighted by Gasteiger charge is -2.19. The number of halogens is 3. The molecule has 0 aliphatic carbocycles. The Labute approximate surface area is 198 Å². The van der Waals surface area contributed by atoms with Gasteiger partial charge in [0, 0.05) is 29.2 Å². The van der Waals surface area contributed by atoms with Gasteiger partial charge in [0.2, 0.25) is 5.91 Å². The molecule has 1 aromatic heterocycles. The molecular weight excluding hydrogens is 464 g/mol. The molecule has 0 aliphatic heterocycles. The Morgan fingerprint density at radius 1 is 0.971 bits per heavy atom. The van der Waals surface area contributed by atoms with Gasteiger partial charge in [-0.1, -0.05) is 41.9 Å². The van der Waals surface area contributed by atoms with Gasteiger partial charge in [0.15, 0.2) is 0 Å². The van der Waals surface area contributed by atoms with E-state index in [0.29, 0.717) is 5.69 Å². The maximum atomic E-state index is 13.2. The van der Waals surface area contributed by atoms with Crippen LogP contribution < -0.4 is 15.4 Å². The van der Waals surface area contributed by atoms with Gasteiger partial charge < -0.3 is 20.4 Å². The monoisotopic (exact) mass is 483 g/mol. The molecule has 1 heterocycles. The number of aromatic amines is 1. The lowest BCUT2D eigenvalue weighted by molar-refractivity contribution is -0.118. The number of ether oxygens (including phenoxy) is 1. The highest BCUT2D eigenvalue weighted by Gasteiger charge is 2.24. The number of carbonyl (C=O) groups excluding carboxylic acids is 2. The van der Waals surface area contributed by atoms with Crippen molar-refractivity contribution in [3.63, 3.8) is 0 Å². The number of alkyl halides is 2. The van der Waals surface area contributed by atoms with Crippen molar-refractivity contribution < 1.29 is 23.1 Å². The first-order valence-electron chi connectivity index (χ1n) is 10.4. The summed E-state index contributed by atoms with van der Waals surface area (Å²) in [5.41, 5.74) is 2.36. The normalized spacial score (nSPS) is 11.9. The van der Waals surface area contributed by atoms with E-state index in [0.717, 1.165) is 16.5 Å². The SMILES string of the molecule is O=C(N[C@@H](Cc1c[nH]c2ccccc12)C(=O)Nc1ccc(OC(F)F)cc1)c1ccccc1Cl. The third-order valence-corrected chi connectivity index (χ3v) is 5.52. The topological polar surface area (TPSA) is 83.2 Å². The molecule has 6 nitrogen and oxygen atoms in total. The van der Waals surface area contributed by atoms with Crippen molar-refractivity contribution in [2.75, 3.05) is 5.32 Å². The Kier molecular flexibility index (Phi) is 7.08. The number of carbonyl (C=O) groups is 2. The van der Waals surface area contributed by atoms with Crippen LogP contribution in [0.2, 0.25) is 5.02 Å². The highest BCUT2D eigenvalue weighted by atomic mass is 35.5. The third-order valence-electron chi connectivity index (χ3n) is 5.19. The number of fused-ring (bicyclic) bond motifs is 1. The van der Waals surface area contributed by atoms with Gasteiger partial charge in [-0.05, 0) is 48.0 Å². The summed E-state index contributed by atoms with van der Waals surface area (Å²) < 4.78 is 29.1. The van der Waals surface area contributed by atoms with E-state index in [2.05, 4.69) is 20.4 Å². The number of benzene rings is 3. The van der Waals surface area contributed by atoms with Crippen molar-refractivity contribution in [3.8, 4) is 5.75 Å².